The summed E-state index contributed by atoms with van der Waals surface area (Å²) >= 11 is 15.0. The van der Waals surface area contributed by atoms with Gasteiger partial charge in [0.25, 0.3) is 0 Å². The maximum atomic E-state index is 12.9. The lowest BCUT2D eigenvalue weighted by Crippen LogP contribution is -2.28. The van der Waals surface area contributed by atoms with Gasteiger partial charge in [0.15, 0.2) is 11.0 Å². The third-order valence-corrected chi connectivity index (χ3v) is 10.0. The molecule has 2 aromatic heterocycles. The number of aromatic nitrogens is 3. The highest BCUT2D eigenvalue weighted by molar-refractivity contribution is 7.99. The molecule has 1 aliphatic carbocycles. The Morgan fingerprint density at radius 3 is 2.90 bits per heavy atom. The fourth-order valence-electron chi connectivity index (χ4n) is 4.62. The third kappa shape index (κ3) is 6.80. The van der Waals surface area contributed by atoms with Gasteiger partial charge < -0.3 is 10.1 Å². The number of hydrogen-bond acceptors (Lipinski definition) is 7. The monoisotopic (exact) mass is 603 g/mol. The molecule has 0 spiro atoms. The minimum absolute atomic E-state index is 0.123. The van der Waals surface area contributed by atoms with Crippen LogP contribution in [0, 0.1) is 22.7 Å². The number of rotatable bonds is 11. The van der Waals surface area contributed by atoms with Gasteiger partial charge in [0.05, 0.1) is 16.3 Å². The molecule has 4 rings (SSSR count). The summed E-state index contributed by atoms with van der Waals surface area (Å²) in [6.07, 6.45) is 5.75. The van der Waals surface area contributed by atoms with Gasteiger partial charge in [-0.15, -0.1) is 28.1 Å². The molecule has 0 saturated carbocycles. The number of carbonyl (C=O) groups is 1. The number of halogens is 2. The summed E-state index contributed by atoms with van der Waals surface area (Å²) in [6.45, 7) is 11.3. The first-order valence-electron chi connectivity index (χ1n) is 12.7. The number of nitrogens with zero attached hydrogens (tertiary/aromatic N) is 4. The minimum atomic E-state index is -0.195. The van der Waals surface area contributed by atoms with Crippen LogP contribution in [0.15, 0.2) is 36.0 Å². The van der Waals surface area contributed by atoms with E-state index in [4.69, 9.17) is 27.9 Å². The maximum absolute atomic E-state index is 12.9. The molecule has 0 saturated heterocycles. The Hall–Kier alpha value is -2.51. The van der Waals surface area contributed by atoms with Crippen LogP contribution in [0.3, 0.4) is 0 Å². The number of thiophene rings is 1. The smallest absolute Gasteiger partial charge is 0.235 e. The van der Waals surface area contributed by atoms with Gasteiger partial charge in [0.1, 0.15) is 23.4 Å². The number of carbonyl (C=O) groups excluding carboxylic acids is 1. The highest BCUT2D eigenvalue weighted by Gasteiger charge is 2.34. The number of amides is 1. The van der Waals surface area contributed by atoms with Crippen molar-refractivity contribution in [3.8, 4) is 11.8 Å². The van der Waals surface area contributed by atoms with Gasteiger partial charge in [-0.25, -0.2) is 0 Å². The van der Waals surface area contributed by atoms with E-state index in [-0.39, 0.29) is 23.7 Å². The Morgan fingerprint density at radius 2 is 2.21 bits per heavy atom. The first-order chi connectivity index (χ1) is 18.7. The lowest BCUT2D eigenvalue weighted by atomic mass is 9.69. The number of hydrogen-bond donors (Lipinski definition) is 1. The highest BCUT2D eigenvalue weighted by atomic mass is 35.5. The molecule has 0 bridgehead atoms. The Kier molecular flexibility index (Phi) is 9.65. The van der Waals surface area contributed by atoms with E-state index in [2.05, 4.69) is 48.9 Å². The molecular weight excluding hydrogens is 573 g/mol. The van der Waals surface area contributed by atoms with Crippen LogP contribution in [-0.4, -0.2) is 26.4 Å². The largest absolute Gasteiger partial charge is 0.484 e. The van der Waals surface area contributed by atoms with Gasteiger partial charge in [-0.2, -0.15) is 5.26 Å². The Morgan fingerprint density at radius 1 is 1.41 bits per heavy atom. The highest BCUT2D eigenvalue weighted by Crippen LogP contribution is 2.45. The number of benzene rings is 1. The SMILES string of the molecule is C=CCn1c(COc2ccc(Cl)cc2Cl)nnc1SCC(=O)Nc1sc2c(c1C#N)CCC(C(C)(C)CC)C2. The minimum Gasteiger partial charge on any atom is -0.484 e. The number of thioether (sulfide) groups is 1. The van der Waals surface area contributed by atoms with E-state index in [0.29, 0.717) is 49.8 Å². The molecule has 1 amide bonds. The van der Waals surface area contributed by atoms with E-state index < -0.39 is 0 Å². The molecule has 2 heterocycles. The second-order valence-electron chi connectivity index (χ2n) is 10.1. The van der Waals surface area contributed by atoms with E-state index in [1.807, 2.05) is 4.57 Å². The molecule has 1 aliphatic rings. The zero-order valence-corrected chi connectivity index (χ0v) is 25.4. The summed E-state index contributed by atoms with van der Waals surface area (Å²) in [6, 6.07) is 7.34. The van der Waals surface area contributed by atoms with E-state index in [9.17, 15) is 10.1 Å². The van der Waals surface area contributed by atoms with Crippen LogP contribution in [0.2, 0.25) is 10.0 Å². The van der Waals surface area contributed by atoms with Crippen molar-refractivity contribution in [2.75, 3.05) is 11.1 Å². The van der Waals surface area contributed by atoms with E-state index in [1.54, 1.807) is 35.6 Å². The van der Waals surface area contributed by atoms with Crippen molar-refractivity contribution in [3.63, 3.8) is 0 Å². The van der Waals surface area contributed by atoms with Crippen molar-refractivity contribution >= 4 is 57.2 Å². The lowest BCUT2D eigenvalue weighted by Gasteiger charge is -2.36. The van der Waals surface area contributed by atoms with Crippen molar-refractivity contribution in [1.82, 2.24) is 14.8 Å². The standard InChI is InChI=1S/C28H31Cl2N5O2S2/c1-5-11-35-24(15-37-22-10-8-18(29)13-21(22)30)33-34-27(35)38-16-25(36)32-26-20(14-31)19-9-7-17(12-23(19)39-26)28(3,4)6-2/h5,8,10,13,17H,1,6-7,9,11-12,15-16H2,2-4H3,(H,32,36). The zero-order chi connectivity index (χ0) is 28.2. The number of nitriles is 1. The summed E-state index contributed by atoms with van der Waals surface area (Å²) in [5.41, 5.74) is 1.96. The quantitative estimate of drug-likeness (QED) is 0.179. The van der Waals surface area contributed by atoms with Crippen molar-refractivity contribution in [2.24, 2.45) is 11.3 Å². The lowest BCUT2D eigenvalue weighted by molar-refractivity contribution is -0.113. The van der Waals surface area contributed by atoms with Crippen molar-refractivity contribution < 1.29 is 9.53 Å². The first-order valence-corrected chi connectivity index (χ1v) is 15.3. The van der Waals surface area contributed by atoms with Gasteiger partial charge in [-0.1, -0.05) is 68.2 Å². The predicted octanol–water partition coefficient (Wildman–Crippen LogP) is 7.55. The van der Waals surface area contributed by atoms with Crippen LogP contribution in [-0.2, 0) is 30.8 Å². The van der Waals surface area contributed by atoms with Crippen LogP contribution >= 0.6 is 46.3 Å². The average molecular weight is 605 g/mol. The van der Waals surface area contributed by atoms with Gasteiger partial charge >= 0.3 is 0 Å². The summed E-state index contributed by atoms with van der Waals surface area (Å²) in [5, 5.41) is 23.5. The number of fused-ring (bicyclic) bond motifs is 1. The predicted molar refractivity (Wildman–Crippen MR) is 159 cm³/mol. The summed E-state index contributed by atoms with van der Waals surface area (Å²) in [7, 11) is 0. The van der Waals surface area contributed by atoms with E-state index in [0.717, 1.165) is 31.2 Å². The van der Waals surface area contributed by atoms with Gasteiger partial charge in [0.2, 0.25) is 5.91 Å². The third-order valence-electron chi connectivity index (χ3n) is 7.33. The molecule has 0 aliphatic heterocycles. The Labute approximate surface area is 247 Å². The van der Waals surface area contributed by atoms with Gasteiger partial charge in [-0.3, -0.25) is 9.36 Å². The van der Waals surface area contributed by atoms with Crippen LogP contribution in [0.5, 0.6) is 5.75 Å². The molecule has 39 heavy (non-hydrogen) atoms. The molecule has 11 heteroatoms. The van der Waals surface area contributed by atoms with E-state index >= 15 is 0 Å². The maximum Gasteiger partial charge on any atom is 0.235 e. The fraction of sp³-hybridized carbons (Fsp3) is 0.429. The van der Waals surface area contributed by atoms with Crippen molar-refractivity contribution in [3.05, 3.63) is 62.7 Å². The molecule has 1 aromatic carbocycles. The van der Waals surface area contributed by atoms with Crippen LogP contribution in [0.1, 0.15) is 55.4 Å². The number of nitrogens with one attached hydrogen (secondary N) is 1. The molecule has 1 atom stereocenters. The normalized spacial score (nSPS) is 14.9. The summed E-state index contributed by atoms with van der Waals surface area (Å²) in [5.74, 6) is 1.56. The number of ether oxygens (including phenoxy) is 1. The van der Waals surface area contributed by atoms with Crippen LogP contribution in [0.25, 0.3) is 0 Å². The molecule has 3 aromatic rings. The summed E-state index contributed by atoms with van der Waals surface area (Å²) < 4.78 is 7.66. The summed E-state index contributed by atoms with van der Waals surface area (Å²) in [4.78, 5) is 14.2. The van der Waals surface area contributed by atoms with Crippen molar-refractivity contribution in [2.45, 2.75) is 64.8 Å². The van der Waals surface area contributed by atoms with E-state index in [1.165, 1.54) is 16.6 Å². The number of anilines is 1. The molecule has 7 nitrogen and oxygen atoms in total. The fourth-order valence-corrected chi connectivity index (χ4v) is 7.14. The second kappa shape index (κ2) is 12.8. The van der Waals surface area contributed by atoms with Crippen LogP contribution in [0.4, 0.5) is 5.00 Å². The topological polar surface area (TPSA) is 92.8 Å². The molecular formula is C28H31Cl2N5O2S2. The Balaban J connectivity index is 1.41. The van der Waals surface area contributed by atoms with Crippen LogP contribution < -0.4 is 10.1 Å². The zero-order valence-electron chi connectivity index (χ0n) is 22.2. The van der Waals surface area contributed by atoms with Gasteiger partial charge in [-0.05, 0) is 54.4 Å². The number of allylic oxidation sites excluding steroid dienone is 1. The molecule has 0 fully saturated rings. The molecule has 1 unspecified atom stereocenters. The van der Waals surface area contributed by atoms with Gasteiger partial charge in [0, 0.05) is 16.4 Å². The Bertz CT molecular complexity index is 1410. The first kappa shape index (κ1) is 29.5. The molecule has 206 valence electrons. The molecule has 0 radical (unpaired) electrons. The molecule has 1 N–H and O–H groups in total. The second-order valence-corrected chi connectivity index (χ2v) is 13.0. The average Bonchev–Trinajstić information content (AvgIpc) is 3.46. The van der Waals surface area contributed by atoms with Crippen molar-refractivity contribution in [1.29, 1.82) is 5.26 Å².